The number of rotatable bonds is 4. The molecule has 0 aliphatic heterocycles. The Bertz CT molecular complexity index is 785. The Kier molecular flexibility index (Phi) is 7.66. The van der Waals surface area contributed by atoms with Crippen LogP contribution < -0.4 is 16.0 Å². The van der Waals surface area contributed by atoms with Crippen molar-refractivity contribution in [2.24, 2.45) is 0 Å². The zero-order valence-electron chi connectivity index (χ0n) is 12.2. The monoisotopic (exact) mass is 595 g/mol. The summed E-state index contributed by atoms with van der Waals surface area (Å²) < 4.78 is 4.69. The average Bonchev–Trinajstić information content (AvgIpc) is 2.94. The van der Waals surface area contributed by atoms with Crippen LogP contribution in [0.4, 0.5) is 5.69 Å². The van der Waals surface area contributed by atoms with Gasteiger partial charge in [0.15, 0.2) is 15.5 Å². The molecule has 0 aliphatic rings. The van der Waals surface area contributed by atoms with Crippen molar-refractivity contribution >= 4 is 102 Å². The molecule has 1 aromatic heterocycles. The smallest absolute Gasteiger partial charge is 0.288 e. The molecule has 1 heterocycles. The molecule has 11 heteroatoms. The summed E-state index contributed by atoms with van der Waals surface area (Å²) in [6.07, 6.45) is -1.09. The summed E-state index contributed by atoms with van der Waals surface area (Å²) >= 11 is 28.3. The van der Waals surface area contributed by atoms with Crippen LogP contribution in [-0.2, 0) is 0 Å². The molecule has 1 atom stereocenters. The molecule has 0 spiro atoms. The summed E-state index contributed by atoms with van der Waals surface area (Å²) in [5.74, 6) is -0.504. The first-order valence-corrected chi connectivity index (χ1v) is 10.0. The Morgan fingerprint density at radius 1 is 1.20 bits per heavy atom. The number of alkyl halides is 3. The van der Waals surface area contributed by atoms with Crippen molar-refractivity contribution in [1.82, 2.24) is 10.6 Å². The van der Waals surface area contributed by atoms with E-state index in [-0.39, 0.29) is 10.9 Å². The van der Waals surface area contributed by atoms with Gasteiger partial charge in [-0.1, -0.05) is 46.9 Å². The molecular weight excluding hydrogens is 587 g/mol. The summed E-state index contributed by atoms with van der Waals surface area (Å²) in [5.41, 5.74) is 0.782. The van der Waals surface area contributed by atoms with Crippen LogP contribution in [0.25, 0.3) is 0 Å². The zero-order chi connectivity index (χ0) is 18.6. The maximum Gasteiger partial charge on any atom is 0.288 e. The van der Waals surface area contributed by atoms with Crippen LogP contribution in [0.5, 0.6) is 0 Å². The highest BCUT2D eigenvalue weighted by molar-refractivity contribution is 14.1. The molecule has 0 fully saturated rings. The van der Waals surface area contributed by atoms with Crippen LogP contribution >= 0.6 is 85.5 Å². The number of carbonyl (C=O) groups is 1. The van der Waals surface area contributed by atoms with E-state index in [1.807, 2.05) is 24.3 Å². The fraction of sp³-hybridized carbons (Fsp3) is 0.143. The van der Waals surface area contributed by atoms with Crippen LogP contribution in [0.3, 0.4) is 0 Å². The van der Waals surface area contributed by atoms with Gasteiger partial charge in [0.1, 0.15) is 6.17 Å². The molecule has 0 radical (unpaired) electrons. The van der Waals surface area contributed by atoms with Gasteiger partial charge in [-0.15, -0.1) is 0 Å². The predicted octanol–water partition coefficient (Wildman–Crippen LogP) is 5.06. The first kappa shape index (κ1) is 21.0. The Hall–Kier alpha value is -0.260. The number of benzene rings is 1. The summed E-state index contributed by atoms with van der Waals surface area (Å²) in [5, 5.41) is 8.47. The van der Waals surface area contributed by atoms with Gasteiger partial charge in [0, 0.05) is 3.57 Å². The van der Waals surface area contributed by atoms with E-state index in [2.05, 4.69) is 54.5 Å². The molecule has 25 heavy (non-hydrogen) atoms. The second-order valence-corrected chi connectivity index (χ2v) is 9.35. The lowest BCUT2D eigenvalue weighted by Gasteiger charge is -2.27. The summed E-state index contributed by atoms with van der Waals surface area (Å²) in [6.45, 7) is 0. The van der Waals surface area contributed by atoms with Crippen molar-refractivity contribution in [2.75, 3.05) is 5.32 Å². The van der Waals surface area contributed by atoms with Gasteiger partial charge in [-0.25, -0.2) is 0 Å². The van der Waals surface area contributed by atoms with E-state index in [0.29, 0.717) is 4.67 Å². The molecule has 5 nitrogen and oxygen atoms in total. The molecule has 3 N–H and O–H groups in total. The number of halogens is 5. The molecule has 1 aromatic carbocycles. The van der Waals surface area contributed by atoms with Crippen molar-refractivity contribution in [3.05, 3.63) is 50.4 Å². The van der Waals surface area contributed by atoms with Crippen molar-refractivity contribution in [3.8, 4) is 0 Å². The fourth-order valence-corrected chi connectivity index (χ4v) is 3.07. The normalized spacial score (nSPS) is 12.4. The highest BCUT2D eigenvalue weighted by atomic mass is 127. The van der Waals surface area contributed by atoms with E-state index in [0.717, 1.165) is 9.26 Å². The standard InChI is InChI=1S/C14H10BrCl3IN3O2S/c15-10-6-5-9(24-10)11(23)21-12(14(16,17)18)22-13(25)20-8-4-2-1-3-7(8)19/h1-6,12H,(H,21,23)(H2,20,22,25)/t12-/m0/s1. The third-order valence-electron chi connectivity index (χ3n) is 2.80. The lowest BCUT2D eigenvalue weighted by atomic mass is 10.3. The van der Waals surface area contributed by atoms with Crippen molar-refractivity contribution in [2.45, 2.75) is 9.96 Å². The van der Waals surface area contributed by atoms with Gasteiger partial charge < -0.3 is 20.4 Å². The van der Waals surface area contributed by atoms with E-state index in [1.165, 1.54) is 6.07 Å². The van der Waals surface area contributed by atoms with Gasteiger partial charge in [0.2, 0.25) is 3.79 Å². The number of para-hydroxylation sites is 1. The number of hydrogen-bond donors (Lipinski definition) is 3. The molecule has 0 unspecified atom stereocenters. The topological polar surface area (TPSA) is 66.3 Å². The lowest BCUT2D eigenvalue weighted by molar-refractivity contribution is 0.0905. The highest BCUT2D eigenvalue weighted by Crippen LogP contribution is 2.29. The molecular formula is C14H10BrCl3IN3O2S. The fourth-order valence-electron chi connectivity index (χ4n) is 1.69. The third kappa shape index (κ3) is 6.44. The van der Waals surface area contributed by atoms with Crippen LogP contribution in [0.1, 0.15) is 10.6 Å². The quantitative estimate of drug-likeness (QED) is 0.199. The number of amides is 1. The Morgan fingerprint density at radius 2 is 1.88 bits per heavy atom. The molecule has 0 saturated heterocycles. The first-order chi connectivity index (χ1) is 11.7. The van der Waals surface area contributed by atoms with Crippen LogP contribution in [0.2, 0.25) is 0 Å². The minimum Gasteiger partial charge on any atom is -0.444 e. The molecule has 0 saturated carbocycles. The van der Waals surface area contributed by atoms with Crippen LogP contribution in [-0.4, -0.2) is 21.0 Å². The van der Waals surface area contributed by atoms with E-state index in [4.69, 9.17) is 51.4 Å². The Morgan fingerprint density at radius 3 is 2.44 bits per heavy atom. The number of nitrogens with one attached hydrogen (secondary N) is 3. The van der Waals surface area contributed by atoms with Crippen molar-refractivity contribution < 1.29 is 9.21 Å². The summed E-state index contributed by atoms with van der Waals surface area (Å²) in [6, 6.07) is 10.6. The Balaban J connectivity index is 2.06. The minimum absolute atomic E-state index is 0.0596. The van der Waals surface area contributed by atoms with Crippen LogP contribution in [0, 0.1) is 3.57 Å². The number of thiocarbonyl (C=S) groups is 1. The van der Waals surface area contributed by atoms with E-state index in [9.17, 15) is 4.79 Å². The largest absolute Gasteiger partial charge is 0.444 e. The molecule has 2 aromatic rings. The van der Waals surface area contributed by atoms with Crippen LogP contribution in [0.15, 0.2) is 45.5 Å². The first-order valence-electron chi connectivity index (χ1n) is 6.62. The van der Waals surface area contributed by atoms with Gasteiger partial charge in [-0.05, 0) is 75.0 Å². The van der Waals surface area contributed by atoms with E-state index in [1.54, 1.807) is 6.07 Å². The lowest BCUT2D eigenvalue weighted by Crippen LogP contribution is -2.56. The molecule has 134 valence electrons. The maximum atomic E-state index is 12.2. The summed E-state index contributed by atoms with van der Waals surface area (Å²) in [4.78, 5) is 12.2. The van der Waals surface area contributed by atoms with E-state index >= 15 is 0 Å². The molecule has 1 amide bonds. The highest BCUT2D eigenvalue weighted by Gasteiger charge is 2.35. The number of hydrogen-bond acceptors (Lipinski definition) is 3. The molecule has 2 rings (SSSR count). The van der Waals surface area contributed by atoms with Gasteiger partial charge in [-0.2, -0.15) is 0 Å². The van der Waals surface area contributed by atoms with Crippen molar-refractivity contribution in [1.29, 1.82) is 0 Å². The molecule has 0 bridgehead atoms. The van der Waals surface area contributed by atoms with E-state index < -0.39 is 15.9 Å². The van der Waals surface area contributed by atoms with Gasteiger partial charge in [0.05, 0.1) is 5.69 Å². The van der Waals surface area contributed by atoms with Crippen molar-refractivity contribution in [3.63, 3.8) is 0 Å². The van der Waals surface area contributed by atoms with Gasteiger partial charge >= 0.3 is 0 Å². The predicted molar refractivity (Wildman–Crippen MR) is 116 cm³/mol. The summed E-state index contributed by atoms with van der Waals surface area (Å²) in [7, 11) is 0. The number of furan rings is 1. The zero-order valence-corrected chi connectivity index (χ0v) is 19.0. The maximum absolute atomic E-state index is 12.2. The second kappa shape index (κ2) is 9.09. The van der Waals surface area contributed by atoms with Gasteiger partial charge in [-0.3, -0.25) is 4.79 Å². The third-order valence-corrected chi connectivity index (χ3v) is 5.04. The minimum atomic E-state index is -1.85. The second-order valence-electron chi connectivity index (χ2n) is 4.63. The van der Waals surface area contributed by atoms with Gasteiger partial charge in [0.25, 0.3) is 5.91 Å². The Labute approximate surface area is 186 Å². The SMILES string of the molecule is O=C(N[C@@H](NC(=S)Nc1ccccc1I)C(Cl)(Cl)Cl)c1ccc(Br)o1. The average molecular weight is 597 g/mol. The number of anilines is 1. The number of carbonyl (C=O) groups excluding carboxylic acids is 1. The molecule has 0 aliphatic carbocycles.